The maximum Gasteiger partial charge on any atom is 0.236 e. The first-order valence-electron chi connectivity index (χ1n) is 5.91. The standard InChI is InChI=1S/C11H22N3O/c1-3-14(4-2)11(15)10-13-8-5-6-12-7-9-13/h3-10H2,1-2H3. The molecular formula is C11H22N3O. The van der Waals surface area contributed by atoms with Crippen molar-refractivity contribution in [1.82, 2.24) is 15.1 Å². The zero-order chi connectivity index (χ0) is 11.1. The van der Waals surface area contributed by atoms with Gasteiger partial charge in [-0.3, -0.25) is 9.69 Å². The van der Waals surface area contributed by atoms with E-state index in [1.165, 1.54) is 0 Å². The number of hydrogen-bond acceptors (Lipinski definition) is 2. The van der Waals surface area contributed by atoms with Crippen LogP contribution >= 0.6 is 0 Å². The molecule has 0 aromatic carbocycles. The van der Waals surface area contributed by atoms with E-state index in [9.17, 15) is 4.79 Å². The van der Waals surface area contributed by atoms with E-state index in [-0.39, 0.29) is 5.91 Å². The van der Waals surface area contributed by atoms with Gasteiger partial charge in [-0.15, -0.1) is 0 Å². The number of likely N-dealkylation sites (N-methyl/N-ethyl adjacent to an activating group) is 1. The monoisotopic (exact) mass is 212 g/mol. The van der Waals surface area contributed by atoms with Gasteiger partial charge >= 0.3 is 0 Å². The fourth-order valence-electron chi connectivity index (χ4n) is 1.87. The summed E-state index contributed by atoms with van der Waals surface area (Å²) in [4.78, 5) is 15.9. The highest BCUT2D eigenvalue weighted by Gasteiger charge is 2.16. The van der Waals surface area contributed by atoms with Crippen LogP contribution in [-0.4, -0.2) is 61.5 Å². The quantitative estimate of drug-likeness (QED) is 0.666. The van der Waals surface area contributed by atoms with Crippen molar-refractivity contribution in [2.24, 2.45) is 0 Å². The number of carbonyl (C=O) groups is 1. The molecule has 1 heterocycles. The molecule has 1 radical (unpaired) electrons. The molecule has 0 atom stereocenters. The van der Waals surface area contributed by atoms with E-state index in [1.807, 2.05) is 18.7 Å². The van der Waals surface area contributed by atoms with Gasteiger partial charge in [0, 0.05) is 32.7 Å². The fraction of sp³-hybridized carbons (Fsp3) is 0.909. The Morgan fingerprint density at radius 3 is 2.67 bits per heavy atom. The maximum atomic E-state index is 11.8. The highest BCUT2D eigenvalue weighted by molar-refractivity contribution is 5.78. The lowest BCUT2D eigenvalue weighted by Gasteiger charge is -2.24. The Balaban J connectivity index is 2.34. The van der Waals surface area contributed by atoms with E-state index in [4.69, 9.17) is 0 Å². The first kappa shape index (κ1) is 12.5. The van der Waals surface area contributed by atoms with Gasteiger partial charge in [0.2, 0.25) is 5.91 Å². The molecule has 4 nitrogen and oxygen atoms in total. The minimum atomic E-state index is 0.252. The van der Waals surface area contributed by atoms with Crippen LogP contribution in [0.25, 0.3) is 0 Å². The maximum absolute atomic E-state index is 11.8. The van der Waals surface area contributed by atoms with Crippen molar-refractivity contribution < 1.29 is 4.79 Å². The predicted octanol–water partition coefficient (Wildman–Crippen LogP) is 0.165. The molecule has 0 saturated carbocycles. The SMILES string of the molecule is CCN(CC)C(=O)CN1CCC[N]CC1. The summed E-state index contributed by atoms with van der Waals surface area (Å²) in [6.45, 7) is 10.0. The molecule has 0 bridgehead atoms. The third-order valence-corrected chi connectivity index (χ3v) is 2.84. The van der Waals surface area contributed by atoms with Crippen molar-refractivity contribution in [2.45, 2.75) is 20.3 Å². The largest absolute Gasteiger partial charge is 0.342 e. The van der Waals surface area contributed by atoms with Crippen molar-refractivity contribution in [3.8, 4) is 0 Å². The molecule has 0 aromatic heterocycles. The minimum absolute atomic E-state index is 0.252. The molecule has 0 aliphatic carbocycles. The van der Waals surface area contributed by atoms with Gasteiger partial charge in [0.1, 0.15) is 0 Å². The number of amides is 1. The highest BCUT2D eigenvalue weighted by atomic mass is 16.2. The molecule has 1 amide bonds. The summed E-state index contributed by atoms with van der Waals surface area (Å²) in [5.74, 6) is 0.252. The zero-order valence-corrected chi connectivity index (χ0v) is 9.91. The summed E-state index contributed by atoms with van der Waals surface area (Å²) >= 11 is 0. The highest BCUT2D eigenvalue weighted by Crippen LogP contribution is 1.98. The van der Waals surface area contributed by atoms with Gasteiger partial charge < -0.3 is 4.90 Å². The van der Waals surface area contributed by atoms with Crippen molar-refractivity contribution in [1.29, 1.82) is 0 Å². The summed E-state index contributed by atoms with van der Waals surface area (Å²) in [6, 6.07) is 0. The molecule has 1 rings (SSSR count). The van der Waals surface area contributed by atoms with Crippen LogP contribution in [0.2, 0.25) is 0 Å². The molecule has 87 valence electrons. The lowest BCUT2D eigenvalue weighted by molar-refractivity contribution is -0.132. The first-order valence-corrected chi connectivity index (χ1v) is 5.91. The minimum Gasteiger partial charge on any atom is -0.342 e. The van der Waals surface area contributed by atoms with Gasteiger partial charge in [0.05, 0.1) is 6.54 Å². The van der Waals surface area contributed by atoms with E-state index in [1.54, 1.807) is 0 Å². The number of hydrogen-bond donors (Lipinski definition) is 0. The molecule has 4 heteroatoms. The fourth-order valence-corrected chi connectivity index (χ4v) is 1.87. The van der Waals surface area contributed by atoms with E-state index in [0.717, 1.165) is 45.7 Å². The summed E-state index contributed by atoms with van der Waals surface area (Å²) in [7, 11) is 0. The Bertz CT molecular complexity index is 184. The Labute approximate surface area is 92.6 Å². The van der Waals surface area contributed by atoms with Crippen molar-refractivity contribution >= 4 is 5.91 Å². The van der Waals surface area contributed by atoms with Crippen molar-refractivity contribution in [3.63, 3.8) is 0 Å². The van der Waals surface area contributed by atoms with Gasteiger partial charge in [-0.05, 0) is 26.8 Å². The van der Waals surface area contributed by atoms with Gasteiger partial charge in [-0.2, -0.15) is 0 Å². The summed E-state index contributed by atoms with van der Waals surface area (Å²) in [6.07, 6.45) is 1.09. The normalized spacial score (nSPS) is 18.5. The van der Waals surface area contributed by atoms with Crippen LogP contribution < -0.4 is 5.32 Å². The Kier molecular flexibility index (Phi) is 5.65. The molecule has 15 heavy (non-hydrogen) atoms. The average molecular weight is 212 g/mol. The van der Waals surface area contributed by atoms with E-state index >= 15 is 0 Å². The molecule has 1 aliphatic heterocycles. The number of rotatable bonds is 4. The van der Waals surface area contributed by atoms with E-state index in [2.05, 4.69) is 10.2 Å². The molecule has 1 fully saturated rings. The van der Waals surface area contributed by atoms with Crippen LogP contribution in [0.1, 0.15) is 20.3 Å². The van der Waals surface area contributed by atoms with Gasteiger partial charge in [-0.1, -0.05) is 0 Å². The van der Waals surface area contributed by atoms with Crippen molar-refractivity contribution in [3.05, 3.63) is 0 Å². The third kappa shape index (κ3) is 4.18. The lowest BCUT2D eigenvalue weighted by Crippen LogP contribution is -2.41. The van der Waals surface area contributed by atoms with Crippen LogP contribution in [0, 0.1) is 0 Å². The molecule has 0 unspecified atom stereocenters. The second kappa shape index (κ2) is 6.80. The first-order chi connectivity index (χ1) is 7.27. The van der Waals surface area contributed by atoms with Crippen LogP contribution in [0.4, 0.5) is 0 Å². The third-order valence-electron chi connectivity index (χ3n) is 2.84. The van der Waals surface area contributed by atoms with Gasteiger partial charge in [0.15, 0.2) is 0 Å². The second-order valence-corrected chi connectivity index (χ2v) is 3.87. The summed E-state index contributed by atoms with van der Waals surface area (Å²) in [5, 5.41) is 4.35. The lowest BCUT2D eigenvalue weighted by atomic mass is 10.3. The van der Waals surface area contributed by atoms with Crippen LogP contribution in [0.5, 0.6) is 0 Å². The summed E-state index contributed by atoms with van der Waals surface area (Å²) in [5.41, 5.74) is 0. The number of carbonyl (C=O) groups excluding carboxylic acids is 1. The molecule has 0 spiro atoms. The smallest absolute Gasteiger partial charge is 0.236 e. The zero-order valence-electron chi connectivity index (χ0n) is 9.91. The second-order valence-electron chi connectivity index (χ2n) is 3.87. The van der Waals surface area contributed by atoms with E-state index < -0.39 is 0 Å². The van der Waals surface area contributed by atoms with Crippen molar-refractivity contribution in [2.75, 3.05) is 45.8 Å². The van der Waals surface area contributed by atoms with E-state index in [0.29, 0.717) is 6.54 Å². The Morgan fingerprint density at radius 1 is 1.27 bits per heavy atom. The average Bonchev–Trinajstić information content (AvgIpc) is 2.48. The van der Waals surface area contributed by atoms with Crippen LogP contribution in [0.3, 0.4) is 0 Å². The molecule has 1 aliphatic rings. The molecule has 1 saturated heterocycles. The Hall–Kier alpha value is -0.610. The molecular weight excluding hydrogens is 190 g/mol. The van der Waals surface area contributed by atoms with Crippen LogP contribution in [-0.2, 0) is 4.79 Å². The number of nitrogens with zero attached hydrogens (tertiary/aromatic N) is 3. The van der Waals surface area contributed by atoms with Crippen LogP contribution in [0.15, 0.2) is 0 Å². The van der Waals surface area contributed by atoms with Gasteiger partial charge in [0.25, 0.3) is 0 Å². The molecule has 0 N–H and O–H groups in total. The van der Waals surface area contributed by atoms with Gasteiger partial charge in [-0.25, -0.2) is 5.32 Å². The summed E-state index contributed by atoms with van der Waals surface area (Å²) < 4.78 is 0. The predicted molar refractivity (Wildman–Crippen MR) is 60.9 cm³/mol. The Morgan fingerprint density at radius 2 is 2.00 bits per heavy atom. The topological polar surface area (TPSA) is 37.7 Å². The molecule has 0 aromatic rings.